The third-order valence-electron chi connectivity index (χ3n) is 2.65. The third-order valence-corrected chi connectivity index (χ3v) is 3.39. The van der Waals surface area contributed by atoms with Gasteiger partial charge in [0, 0.05) is 29.3 Å². The van der Waals surface area contributed by atoms with E-state index in [2.05, 4.69) is 34.0 Å². The Hall–Kier alpha value is -1.29. The number of hydrogen-bond acceptors (Lipinski definition) is 2. The highest BCUT2D eigenvalue weighted by Crippen LogP contribution is 2.22. The molecule has 0 spiro atoms. The number of aromatic nitrogens is 2. The number of halogens is 1. The Bertz CT molecular complexity index is 508. The highest BCUT2D eigenvalue weighted by molar-refractivity contribution is 9.10. The van der Waals surface area contributed by atoms with Crippen molar-refractivity contribution in [1.29, 1.82) is 0 Å². The third kappa shape index (κ3) is 2.88. The van der Waals surface area contributed by atoms with Crippen molar-refractivity contribution in [2.75, 3.05) is 0 Å². The fourth-order valence-electron chi connectivity index (χ4n) is 1.71. The van der Waals surface area contributed by atoms with Crippen LogP contribution in [-0.2, 0) is 20.1 Å². The van der Waals surface area contributed by atoms with Crippen molar-refractivity contribution < 1.29 is 4.74 Å². The minimum absolute atomic E-state index is 0.543. The van der Waals surface area contributed by atoms with E-state index in [0.29, 0.717) is 12.5 Å². The van der Waals surface area contributed by atoms with E-state index in [1.807, 2.05) is 31.4 Å². The molecule has 17 heavy (non-hydrogen) atoms. The molecule has 1 aromatic carbocycles. The zero-order valence-electron chi connectivity index (χ0n) is 9.98. The lowest BCUT2D eigenvalue weighted by Gasteiger charge is -2.10. The molecule has 0 aliphatic heterocycles. The minimum atomic E-state index is 0.543. The predicted octanol–water partition coefficient (Wildman–Crippen LogP) is 3.32. The molecule has 0 bridgehead atoms. The molecule has 2 rings (SSSR count). The van der Waals surface area contributed by atoms with Crippen LogP contribution in [0, 0.1) is 0 Å². The Morgan fingerprint density at radius 3 is 2.82 bits per heavy atom. The summed E-state index contributed by atoms with van der Waals surface area (Å²) in [7, 11) is 1.88. The maximum Gasteiger partial charge on any atom is 0.233 e. The van der Waals surface area contributed by atoms with Gasteiger partial charge in [0.15, 0.2) is 0 Å². The normalized spacial score (nSPS) is 10.5. The lowest BCUT2D eigenvalue weighted by atomic mass is 10.1. The van der Waals surface area contributed by atoms with E-state index in [1.165, 1.54) is 11.1 Å². The largest absolute Gasteiger partial charge is 0.472 e. The van der Waals surface area contributed by atoms with Crippen LogP contribution in [0.5, 0.6) is 5.88 Å². The van der Waals surface area contributed by atoms with Crippen LogP contribution in [0.2, 0.25) is 0 Å². The van der Waals surface area contributed by atoms with E-state index >= 15 is 0 Å². The average Bonchev–Trinajstić information content (AvgIpc) is 2.73. The van der Waals surface area contributed by atoms with Crippen molar-refractivity contribution in [1.82, 2.24) is 9.78 Å². The van der Waals surface area contributed by atoms with Gasteiger partial charge in [0.25, 0.3) is 0 Å². The maximum atomic E-state index is 5.67. The number of benzene rings is 1. The summed E-state index contributed by atoms with van der Waals surface area (Å²) >= 11 is 3.56. The van der Waals surface area contributed by atoms with E-state index in [4.69, 9.17) is 4.74 Å². The number of nitrogens with zero attached hydrogens (tertiary/aromatic N) is 2. The van der Waals surface area contributed by atoms with Gasteiger partial charge in [-0.3, -0.25) is 4.68 Å². The predicted molar refractivity (Wildman–Crippen MR) is 71.1 cm³/mol. The molecular formula is C13H15BrN2O. The summed E-state index contributed by atoms with van der Waals surface area (Å²) in [6, 6.07) is 8.08. The van der Waals surface area contributed by atoms with Crippen molar-refractivity contribution in [3.05, 3.63) is 46.1 Å². The van der Waals surface area contributed by atoms with Crippen LogP contribution in [-0.4, -0.2) is 9.78 Å². The molecule has 0 saturated carbocycles. The Labute approximate surface area is 110 Å². The summed E-state index contributed by atoms with van der Waals surface area (Å²) in [6.07, 6.45) is 2.87. The highest BCUT2D eigenvalue weighted by atomic mass is 79.9. The Morgan fingerprint density at radius 2 is 2.18 bits per heavy atom. The van der Waals surface area contributed by atoms with Gasteiger partial charge < -0.3 is 4.74 Å². The summed E-state index contributed by atoms with van der Waals surface area (Å²) in [5.41, 5.74) is 2.50. The zero-order chi connectivity index (χ0) is 12.3. The van der Waals surface area contributed by atoms with Crippen LogP contribution in [0.25, 0.3) is 0 Å². The molecule has 0 atom stereocenters. The van der Waals surface area contributed by atoms with Gasteiger partial charge >= 0.3 is 0 Å². The lowest BCUT2D eigenvalue weighted by Crippen LogP contribution is -2.01. The highest BCUT2D eigenvalue weighted by Gasteiger charge is 2.07. The topological polar surface area (TPSA) is 27.1 Å². The van der Waals surface area contributed by atoms with Gasteiger partial charge in [-0.15, -0.1) is 5.10 Å². The van der Waals surface area contributed by atoms with Crippen LogP contribution < -0.4 is 4.74 Å². The molecule has 0 amide bonds. The first-order valence-corrected chi connectivity index (χ1v) is 6.38. The fourth-order valence-corrected chi connectivity index (χ4v) is 2.23. The molecule has 90 valence electrons. The molecule has 3 nitrogen and oxygen atoms in total. The number of ether oxygens (including phenoxy) is 1. The van der Waals surface area contributed by atoms with E-state index in [9.17, 15) is 0 Å². The first kappa shape index (κ1) is 12.2. The van der Waals surface area contributed by atoms with Crippen LogP contribution in [0.3, 0.4) is 0 Å². The van der Waals surface area contributed by atoms with Crippen molar-refractivity contribution >= 4 is 15.9 Å². The molecule has 0 fully saturated rings. The van der Waals surface area contributed by atoms with Crippen molar-refractivity contribution in [2.45, 2.75) is 20.0 Å². The van der Waals surface area contributed by atoms with Gasteiger partial charge in [0.2, 0.25) is 5.88 Å². The second kappa shape index (κ2) is 5.36. The monoisotopic (exact) mass is 294 g/mol. The smallest absolute Gasteiger partial charge is 0.233 e. The van der Waals surface area contributed by atoms with Crippen molar-refractivity contribution in [3.63, 3.8) is 0 Å². The van der Waals surface area contributed by atoms with Crippen molar-refractivity contribution in [3.8, 4) is 5.88 Å². The first-order valence-electron chi connectivity index (χ1n) is 5.59. The summed E-state index contributed by atoms with van der Waals surface area (Å²) in [5.74, 6) is 0.658. The van der Waals surface area contributed by atoms with Gasteiger partial charge in [-0.2, -0.15) is 0 Å². The summed E-state index contributed by atoms with van der Waals surface area (Å²) < 4.78 is 8.50. The van der Waals surface area contributed by atoms with Gasteiger partial charge in [-0.1, -0.05) is 35.0 Å². The van der Waals surface area contributed by atoms with E-state index in [0.717, 1.165) is 10.9 Å². The lowest BCUT2D eigenvalue weighted by molar-refractivity contribution is 0.289. The second-order valence-corrected chi connectivity index (χ2v) is 4.70. The molecule has 1 aromatic heterocycles. The second-order valence-electron chi connectivity index (χ2n) is 3.85. The van der Waals surface area contributed by atoms with Gasteiger partial charge in [0.05, 0.1) is 0 Å². The molecule has 4 heteroatoms. The molecule has 0 N–H and O–H groups in total. The molecule has 0 aliphatic rings. The summed E-state index contributed by atoms with van der Waals surface area (Å²) in [5, 5.41) is 4.19. The van der Waals surface area contributed by atoms with Crippen LogP contribution in [0.4, 0.5) is 0 Å². The van der Waals surface area contributed by atoms with E-state index < -0.39 is 0 Å². The molecule has 0 saturated heterocycles. The van der Waals surface area contributed by atoms with Gasteiger partial charge in [-0.05, 0) is 18.1 Å². The Balaban J connectivity index is 2.13. The van der Waals surface area contributed by atoms with Crippen LogP contribution in [0.15, 0.2) is 34.9 Å². The maximum absolute atomic E-state index is 5.67. The standard InChI is InChI=1S/C13H15BrN2O/c1-3-10-5-4-6-12(14)11(10)9-17-13-7-8-16(2)15-13/h4-8H,3,9H2,1-2H3. The van der Waals surface area contributed by atoms with E-state index in [1.54, 1.807) is 4.68 Å². The summed E-state index contributed by atoms with van der Waals surface area (Å²) in [6.45, 7) is 2.69. The minimum Gasteiger partial charge on any atom is -0.472 e. The molecule has 0 unspecified atom stereocenters. The number of aryl methyl sites for hydroxylation is 2. The molecule has 0 radical (unpaired) electrons. The average molecular weight is 295 g/mol. The van der Waals surface area contributed by atoms with Gasteiger partial charge in [0.1, 0.15) is 6.61 Å². The van der Waals surface area contributed by atoms with Crippen LogP contribution in [0.1, 0.15) is 18.1 Å². The fraction of sp³-hybridized carbons (Fsp3) is 0.308. The SMILES string of the molecule is CCc1cccc(Br)c1COc1ccn(C)n1. The number of rotatable bonds is 4. The van der Waals surface area contributed by atoms with E-state index in [-0.39, 0.29) is 0 Å². The first-order chi connectivity index (χ1) is 8.20. The quantitative estimate of drug-likeness (QED) is 0.865. The van der Waals surface area contributed by atoms with Crippen LogP contribution >= 0.6 is 15.9 Å². The number of hydrogen-bond donors (Lipinski definition) is 0. The molecule has 0 aliphatic carbocycles. The Kier molecular flexibility index (Phi) is 3.84. The molecule has 1 heterocycles. The Morgan fingerprint density at radius 1 is 1.35 bits per heavy atom. The van der Waals surface area contributed by atoms with Gasteiger partial charge in [-0.25, -0.2) is 0 Å². The molecular weight excluding hydrogens is 280 g/mol. The summed E-state index contributed by atoms with van der Waals surface area (Å²) in [4.78, 5) is 0. The zero-order valence-corrected chi connectivity index (χ0v) is 11.6. The molecule has 2 aromatic rings. The van der Waals surface area contributed by atoms with Crippen molar-refractivity contribution in [2.24, 2.45) is 7.05 Å².